The van der Waals surface area contributed by atoms with Crippen LogP contribution in [0.5, 0.6) is 0 Å². The minimum absolute atomic E-state index is 0.00592. The highest BCUT2D eigenvalue weighted by molar-refractivity contribution is 5.93. The van der Waals surface area contributed by atoms with E-state index in [0.29, 0.717) is 5.69 Å². The van der Waals surface area contributed by atoms with Gasteiger partial charge >= 0.3 is 0 Å². The fourth-order valence-corrected chi connectivity index (χ4v) is 1.88. The molecule has 0 fully saturated rings. The van der Waals surface area contributed by atoms with Gasteiger partial charge in [0.2, 0.25) is 0 Å². The Morgan fingerprint density at radius 2 is 2.16 bits per heavy atom. The molecule has 0 saturated heterocycles. The summed E-state index contributed by atoms with van der Waals surface area (Å²) < 4.78 is 2.00. The van der Waals surface area contributed by atoms with Crippen molar-refractivity contribution >= 4 is 5.84 Å². The van der Waals surface area contributed by atoms with Crippen molar-refractivity contribution in [2.24, 2.45) is 12.8 Å². The van der Waals surface area contributed by atoms with Gasteiger partial charge < -0.3 is 10.3 Å². The second kappa shape index (κ2) is 5.62. The number of aryl methyl sites for hydroxylation is 1. The van der Waals surface area contributed by atoms with Gasteiger partial charge in [0.15, 0.2) is 0 Å². The number of hydrogen-bond donors (Lipinski definition) is 2. The Bertz CT molecular complexity index is 574. The molecule has 2 aromatic rings. The highest BCUT2D eigenvalue weighted by Gasteiger charge is 2.06. The molecular formula is C13H18N6. The second-order valence-electron chi connectivity index (χ2n) is 4.59. The molecule has 6 heteroatoms. The molecule has 0 aliphatic rings. The van der Waals surface area contributed by atoms with Crippen LogP contribution in [0.3, 0.4) is 0 Å². The maximum atomic E-state index is 7.39. The largest absolute Gasteiger partial charge is 0.382 e. The van der Waals surface area contributed by atoms with Gasteiger partial charge in [-0.2, -0.15) is 0 Å². The zero-order valence-corrected chi connectivity index (χ0v) is 11.2. The maximum absolute atomic E-state index is 7.39. The molecule has 19 heavy (non-hydrogen) atoms. The van der Waals surface area contributed by atoms with Gasteiger partial charge in [0, 0.05) is 32.2 Å². The van der Waals surface area contributed by atoms with Crippen molar-refractivity contribution in [2.75, 3.05) is 7.05 Å². The van der Waals surface area contributed by atoms with E-state index < -0.39 is 0 Å². The first kappa shape index (κ1) is 13.2. The lowest BCUT2D eigenvalue weighted by Gasteiger charge is -2.16. The molecule has 0 aromatic carbocycles. The SMILES string of the molecule is CN(Cc1ccnc(C(=N)N)c1)Cc1nccn1C. The van der Waals surface area contributed by atoms with E-state index in [1.807, 2.05) is 37.0 Å². The van der Waals surface area contributed by atoms with Gasteiger partial charge in [-0.15, -0.1) is 0 Å². The number of nitrogens with one attached hydrogen (secondary N) is 1. The van der Waals surface area contributed by atoms with E-state index >= 15 is 0 Å². The molecule has 0 saturated carbocycles. The summed E-state index contributed by atoms with van der Waals surface area (Å²) in [5.74, 6) is 1.01. The topological polar surface area (TPSA) is 83.8 Å². The predicted octanol–water partition coefficient (Wildman–Crippen LogP) is 0.731. The molecule has 2 rings (SSSR count). The number of rotatable bonds is 5. The van der Waals surface area contributed by atoms with Crippen LogP contribution in [-0.4, -0.2) is 32.3 Å². The van der Waals surface area contributed by atoms with E-state index in [-0.39, 0.29) is 5.84 Å². The molecule has 0 spiro atoms. The Kier molecular flexibility index (Phi) is 3.91. The summed E-state index contributed by atoms with van der Waals surface area (Å²) in [6.45, 7) is 1.52. The molecule has 100 valence electrons. The summed E-state index contributed by atoms with van der Waals surface area (Å²) in [6.07, 6.45) is 5.41. The average Bonchev–Trinajstić information content (AvgIpc) is 2.75. The van der Waals surface area contributed by atoms with Crippen molar-refractivity contribution in [3.05, 3.63) is 47.8 Å². The fourth-order valence-electron chi connectivity index (χ4n) is 1.88. The third-order valence-electron chi connectivity index (χ3n) is 2.89. The van der Waals surface area contributed by atoms with Gasteiger partial charge in [0.05, 0.1) is 6.54 Å². The average molecular weight is 258 g/mol. The van der Waals surface area contributed by atoms with E-state index in [9.17, 15) is 0 Å². The highest BCUT2D eigenvalue weighted by atomic mass is 15.1. The minimum Gasteiger partial charge on any atom is -0.382 e. The molecule has 0 atom stereocenters. The normalized spacial score (nSPS) is 10.9. The summed E-state index contributed by atoms with van der Waals surface area (Å²) in [5.41, 5.74) is 7.03. The zero-order chi connectivity index (χ0) is 13.8. The van der Waals surface area contributed by atoms with Crippen molar-refractivity contribution in [3.63, 3.8) is 0 Å². The minimum atomic E-state index is -0.00592. The van der Waals surface area contributed by atoms with Crippen LogP contribution >= 0.6 is 0 Å². The lowest BCUT2D eigenvalue weighted by molar-refractivity contribution is 0.307. The van der Waals surface area contributed by atoms with E-state index in [1.54, 1.807) is 12.4 Å². The van der Waals surface area contributed by atoms with Gasteiger partial charge in [0.25, 0.3) is 0 Å². The number of hydrogen-bond acceptors (Lipinski definition) is 4. The van der Waals surface area contributed by atoms with Crippen LogP contribution in [0.1, 0.15) is 17.1 Å². The van der Waals surface area contributed by atoms with Crippen LogP contribution in [0.15, 0.2) is 30.7 Å². The van der Waals surface area contributed by atoms with Crippen LogP contribution < -0.4 is 5.73 Å². The number of imidazole rings is 1. The Hall–Kier alpha value is -2.21. The van der Waals surface area contributed by atoms with Crippen molar-refractivity contribution < 1.29 is 0 Å². The first-order valence-electron chi connectivity index (χ1n) is 6.00. The smallest absolute Gasteiger partial charge is 0.141 e. The van der Waals surface area contributed by atoms with Crippen molar-refractivity contribution in [2.45, 2.75) is 13.1 Å². The van der Waals surface area contributed by atoms with E-state index in [0.717, 1.165) is 24.5 Å². The maximum Gasteiger partial charge on any atom is 0.141 e. The summed E-state index contributed by atoms with van der Waals surface area (Å²) in [7, 11) is 4.01. The van der Waals surface area contributed by atoms with Crippen molar-refractivity contribution in [1.29, 1.82) is 5.41 Å². The summed E-state index contributed by atoms with van der Waals surface area (Å²) in [6, 6.07) is 3.78. The molecule has 0 bridgehead atoms. The zero-order valence-electron chi connectivity index (χ0n) is 11.2. The predicted molar refractivity (Wildman–Crippen MR) is 73.6 cm³/mol. The number of nitrogens with two attached hydrogens (primary N) is 1. The van der Waals surface area contributed by atoms with E-state index in [4.69, 9.17) is 11.1 Å². The standard InChI is InChI=1S/C13H18N6/c1-18(9-12-17-5-6-19(12)2)8-10-3-4-16-11(7-10)13(14)15/h3-7H,8-9H2,1-2H3,(H3,14,15). The fraction of sp³-hybridized carbons (Fsp3) is 0.308. The molecule has 0 aliphatic heterocycles. The summed E-state index contributed by atoms with van der Waals surface area (Å²) >= 11 is 0. The Morgan fingerprint density at radius 1 is 1.37 bits per heavy atom. The molecule has 3 N–H and O–H groups in total. The van der Waals surface area contributed by atoms with Gasteiger partial charge in [-0.25, -0.2) is 4.98 Å². The van der Waals surface area contributed by atoms with Gasteiger partial charge in [-0.05, 0) is 24.7 Å². The molecule has 2 aromatic heterocycles. The first-order chi connectivity index (χ1) is 9.06. The number of nitrogens with zero attached hydrogens (tertiary/aromatic N) is 4. The number of nitrogen functional groups attached to an aromatic ring is 1. The molecule has 2 heterocycles. The van der Waals surface area contributed by atoms with Crippen LogP contribution in [0, 0.1) is 5.41 Å². The van der Waals surface area contributed by atoms with Gasteiger partial charge in [0.1, 0.15) is 17.4 Å². The Morgan fingerprint density at radius 3 is 2.79 bits per heavy atom. The monoisotopic (exact) mass is 258 g/mol. The lowest BCUT2D eigenvalue weighted by Crippen LogP contribution is -2.20. The van der Waals surface area contributed by atoms with Crippen LogP contribution in [0.2, 0.25) is 0 Å². The van der Waals surface area contributed by atoms with Crippen LogP contribution in [0.4, 0.5) is 0 Å². The summed E-state index contributed by atoms with van der Waals surface area (Å²) in [5, 5.41) is 7.39. The van der Waals surface area contributed by atoms with E-state index in [2.05, 4.69) is 14.9 Å². The molecular weight excluding hydrogens is 240 g/mol. The quantitative estimate of drug-likeness (QED) is 0.611. The summed E-state index contributed by atoms with van der Waals surface area (Å²) in [4.78, 5) is 10.5. The second-order valence-corrected chi connectivity index (χ2v) is 4.59. The number of amidine groups is 1. The molecule has 0 aliphatic carbocycles. The van der Waals surface area contributed by atoms with Crippen molar-refractivity contribution in [1.82, 2.24) is 19.4 Å². The molecule has 6 nitrogen and oxygen atoms in total. The lowest BCUT2D eigenvalue weighted by atomic mass is 10.2. The third kappa shape index (κ3) is 3.38. The van der Waals surface area contributed by atoms with Gasteiger partial charge in [-0.1, -0.05) is 0 Å². The highest BCUT2D eigenvalue weighted by Crippen LogP contribution is 2.07. The number of aromatic nitrogens is 3. The first-order valence-corrected chi connectivity index (χ1v) is 6.00. The van der Waals surface area contributed by atoms with E-state index in [1.165, 1.54) is 0 Å². The van der Waals surface area contributed by atoms with Crippen molar-refractivity contribution in [3.8, 4) is 0 Å². The van der Waals surface area contributed by atoms with Crippen LogP contribution in [0.25, 0.3) is 0 Å². The molecule has 0 amide bonds. The van der Waals surface area contributed by atoms with Gasteiger partial charge in [-0.3, -0.25) is 15.3 Å². The third-order valence-corrected chi connectivity index (χ3v) is 2.89. The molecule has 0 radical (unpaired) electrons. The Labute approximate surface area is 112 Å². The molecule has 0 unspecified atom stereocenters. The van der Waals surface area contributed by atoms with Crippen LogP contribution in [-0.2, 0) is 20.1 Å². The number of pyridine rings is 1. The Balaban J connectivity index is 2.02.